The molecule has 0 aromatic heterocycles. The Morgan fingerprint density at radius 1 is 0.593 bits per heavy atom. The van der Waals surface area contributed by atoms with Gasteiger partial charge in [0.1, 0.15) is 11.5 Å². The molecule has 0 amide bonds. The summed E-state index contributed by atoms with van der Waals surface area (Å²) in [5.74, 6) is 2.45. The quantitative estimate of drug-likeness (QED) is 0.577. The van der Waals surface area contributed by atoms with Crippen molar-refractivity contribution in [1.82, 2.24) is 0 Å². The molecule has 2 aromatic carbocycles. The molecule has 0 bridgehead atoms. The molecule has 4 rings (SSSR count). The smallest absolute Gasteiger partial charge is 0.138 e. The number of ether oxygens (including phenoxy) is 1. The SMILES string of the molecule is CP(C)c1ccc2c(c1Oc1c(P(C)C)ccc3c1CCCC3)CCCC2. The molecule has 0 aliphatic heterocycles. The molecule has 0 saturated carbocycles. The minimum atomic E-state index is -0.184. The minimum Gasteiger partial charge on any atom is -0.455 e. The molecule has 0 fully saturated rings. The second-order valence-electron chi connectivity index (χ2n) is 8.41. The molecule has 2 aromatic rings. The molecular weight excluding hydrogens is 366 g/mol. The maximum atomic E-state index is 6.99. The van der Waals surface area contributed by atoms with Gasteiger partial charge in [-0.3, -0.25) is 0 Å². The maximum absolute atomic E-state index is 6.99. The predicted octanol–water partition coefficient (Wildman–Crippen LogP) is 5.97. The van der Waals surface area contributed by atoms with E-state index in [0.29, 0.717) is 0 Å². The highest BCUT2D eigenvalue weighted by Gasteiger charge is 2.24. The first-order valence-corrected chi connectivity index (χ1v) is 14.9. The van der Waals surface area contributed by atoms with Crippen molar-refractivity contribution in [2.24, 2.45) is 0 Å². The van der Waals surface area contributed by atoms with Gasteiger partial charge >= 0.3 is 0 Å². The van der Waals surface area contributed by atoms with Crippen LogP contribution in [-0.2, 0) is 25.7 Å². The molecule has 0 radical (unpaired) electrons. The fourth-order valence-corrected chi connectivity index (χ4v) is 6.52. The van der Waals surface area contributed by atoms with Crippen LogP contribution in [0.2, 0.25) is 0 Å². The van der Waals surface area contributed by atoms with Crippen LogP contribution in [-0.4, -0.2) is 26.7 Å². The summed E-state index contributed by atoms with van der Waals surface area (Å²) >= 11 is 0. The molecule has 0 saturated heterocycles. The van der Waals surface area contributed by atoms with Gasteiger partial charge in [-0.05, 0) is 100 Å². The second-order valence-corrected chi connectivity index (χ2v) is 12.9. The summed E-state index contributed by atoms with van der Waals surface area (Å²) in [4.78, 5) is 0. The Hall–Kier alpha value is -0.900. The normalized spacial score (nSPS) is 16.4. The first-order chi connectivity index (χ1) is 13.1. The van der Waals surface area contributed by atoms with Gasteiger partial charge in [0, 0.05) is 10.6 Å². The molecule has 0 atom stereocenters. The van der Waals surface area contributed by atoms with Crippen LogP contribution in [0.4, 0.5) is 0 Å². The second kappa shape index (κ2) is 8.23. The highest BCUT2D eigenvalue weighted by molar-refractivity contribution is 7.64. The lowest BCUT2D eigenvalue weighted by atomic mass is 9.90. The van der Waals surface area contributed by atoms with Crippen molar-refractivity contribution in [2.75, 3.05) is 26.7 Å². The van der Waals surface area contributed by atoms with Crippen molar-refractivity contribution in [3.63, 3.8) is 0 Å². The van der Waals surface area contributed by atoms with Crippen LogP contribution >= 0.6 is 15.8 Å². The van der Waals surface area contributed by atoms with Crippen molar-refractivity contribution >= 4 is 26.5 Å². The maximum Gasteiger partial charge on any atom is 0.138 e. The summed E-state index contributed by atoms with van der Waals surface area (Å²) in [6, 6.07) is 9.49. The summed E-state index contributed by atoms with van der Waals surface area (Å²) < 4.78 is 6.99. The molecule has 2 aliphatic rings. The Labute approximate surface area is 167 Å². The van der Waals surface area contributed by atoms with Crippen molar-refractivity contribution in [2.45, 2.75) is 51.4 Å². The van der Waals surface area contributed by atoms with Crippen molar-refractivity contribution in [3.8, 4) is 11.5 Å². The molecule has 0 unspecified atom stereocenters. The third-order valence-electron chi connectivity index (χ3n) is 6.09. The zero-order chi connectivity index (χ0) is 19.0. The first-order valence-electron chi connectivity index (χ1n) is 10.4. The van der Waals surface area contributed by atoms with Crippen LogP contribution in [0, 0.1) is 0 Å². The Kier molecular flexibility index (Phi) is 5.92. The molecule has 27 heavy (non-hydrogen) atoms. The van der Waals surface area contributed by atoms with Crippen molar-refractivity contribution in [3.05, 3.63) is 46.5 Å². The van der Waals surface area contributed by atoms with E-state index in [2.05, 4.69) is 50.9 Å². The van der Waals surface area contributed by atoms with Crippen LogP contribution in [0.25, 0.3) is 0 Å². The zero-order valence-electron chi connectivity index (χ0n) is 17.3. The van der Waals surface area contributed by atoms with E-state index in [1.807, 2.05) is 0 Å². The Bertz CT molecular complexity index is 769. The van der Waals surface area contributed by atoms with E-state index in [-0.39, 0.29) is 15.8 Å². The van der Waals surface area contributed by atoms with Crippen LogP contribution in [0.5, 0.6) is 11.5 Å². The topological polar surface area (TPSA) is 9.23 Å². The standard InChI is InChI=1S/C24H32OP2/c1-26(2)21-15-13-17-9-5-7-11-19(17)23(21)25-24-20-12-8-6-10-18(20)14-16-22(24)27(3)4/h13-16H,5-12H2,1-4H3. The van der Waals surface area contributed by atoms with Gasteiger partial charge in [0.25, 0.3) is 0 Å². The Balaban J connectivity index is 1.87. The molecule has 0 heterocycles. The van der Waals surface area contributed by atoms with E-state index < -0.39 is 0 Å². The van der Waals surface area contributed by atoms with E-state index in [1.54, 1.807) is 0 Å². The van der Waals surface area contributed by atoms with Gasteiger partial charge in [0.2, 0.25) is 0 Å². The third-order valence-corrected chi connectivity index (χ3v) is 8.72. The molecule has 144 valence electrons. The van der Waals surface area contributed by atoms with E-state index in [1.165, 1.54) is 95.7 Å². The predicted molar refractivity (Wildman–Crippen MR) is 123 cm³/mol. The van der Waals surface area contributed by atoms with E-state index in [4.69, 9.17) is 4.74 Å². The van der Waals surface area contributed by atoms with Gasteiger partial charge in [-0.15, -0.1) is 0 Å². The van der Waals surface area contributed by atoms with Gasteiger partial charge in [-0.1, -0.05) is 40.1 Å². The lowest BCUT2D eigenvalue weighted by Crippen LogP contribution is -2.18. The van der Waals surface area contributed by atoms with Crippen LogP contribution in [0.1, 0.15) is 47.9 Å². The zero-order valence-corrected chi connectivity index (χ0v) is 19.1. The summed E-state index contributed by atoms with van der Waals surface area (Å²) in [7, 11) is -0.367. The molecule has 0 spiro atoms. The summed E-state index contributed by atoms with van der Waals surface area (Å²) in [6.45, 7) is 9.45. The highest BCUT2D eigenvalue weighted by atomic mass is 31.1. The van der Waals surface area contributed by atoms with E-state index in [0.717, 1.165) is 0 Å². The molecular formula is C24H32OP2. The lowest BCUT2D eigenvalue weighted by molar-refractivity contribution is 0.467. The molecule has 2 aliphatic carbocycles. The van der Waals surface area contributed by atoms with Crippen LogP contribution in [0.3, 0.4) is 0 Å². The average molecular weight is 398 g/mol. The fraction of sp³-hybridized carbons (Fsp3) is 0.500. The number of rotatable bonds is 4. The van der Waals surface area contributed by atoms with Gasteiger partial charge in [-0.25, -0.2) is 0 Å². The monoisotopic (exact) mass is 398 g/mol. The average Bonchev–Trinajstić information content (AvgIpc) is 2.68. The van der Waals surface area contributed by atoms with Gasteiger partial charge in [0.15, 0.2) is 0 Å². The number of aryl methyl sites for hydroxylation is 2. The Morgan fingerprint density at radius 2 is 1.00 bits per heavy atom. The first kappa shape index (κ1) is 19.4. The Morgan fingerprint density at radius 3 is 1.41 bits per heavy atom. The van der Waals surface area contributed by atoms with Crippen LogP contribution in [0.15, 0.2) is 24.3 Å². The molecule has 0 N–H and O–H groups in total. The summed E-state index contributed by atoms with van der Waals surface area (Å²) in [5.41, 5.74) is 6.06. The number of benzene rings is 2. The summed E-state index contributed by atoms with van der Waals surface area (Å²) in [6.07, 6.45) is 10.0. The number of fused-ring (bicyclic) bond motifs is 2. The lowest BCUT2D eigenvalue weighted by Gasteiger charge is -2.28. The van der Waals surface area contributed by atoms with E-state index in [9.17, 15) is 0 Å². The highest BCUT2D eigenvalue weighted by Crippen LogP contribution is 2.42. The minimum absolute atomic E-state index is 0.184. The van der Waals surface area contributed by atoms with Gasteiger partial charge < -0.3 is 4.74 Å². The van der Waals surface area contributed by atoms with Crippen molar-refractivity contribution in [1.29, 1.82) is 0 Å². The number of hydrogen-bond acceptors (Lipinski definition) is 1. The van der Waals surface area contributed by atoms with Gasteiger partial charge in [0.05, 0.1) is 0 Å². The van der Waals surface area contributed by atoms with Crippen molar-refractivity contribution < 1.29 is 4.74 Å². The summed E-state index contributed by atoms with van der Waals surface area (Å²) in [5, 5.41) is 2.89. The molecule has 3 heteroatoms. The largest absolute Gasteiger partial charge is 0.455 e. The third kappa shape index (κ3) is 3.83. The fourth-order valence-electron chi connectivity index (χ4n) is 4.60. The molecule has 1 nitrogen and oxygen atoms in total. The van der Waals surface area contributed by atoms with Crippen LogP contribution < -0.4 is 15.3 Å². The number of hydrogen-bond donors (Lipinski definition) is 0. The van der Waals surface area contributed by atoms with Gasteiger partial charge in [-0.2, -0.15) is 0 Å². The van der Waals surface area contributed by atoms with E-state index >= 15 is 0 Å².